The molecule has 0 spiro atoms. The van der Waals surface area contributed by atoms with Gasteiger partial charge in [0.15, 0.2) is 0 Å². The van der Waals surface area contributed by atoms with Crippen LogP contribution in [0.2, 0.25) is 5.02 Å². The quantitative estimate of drug-likeness (QED) is 0.151. The molecule has 11 nitrogen and oxygen atoms in total. The van der Waals surface area contributed by atoms with E-state index in [-0.39, 0.29) is 32.6 Å². The highest BCUT2D eigenvalue weighted by atomic mass is 79.9. The molecule has 14 heteroatoms. The lowest BCUT2D eigenvalue weighted by Gasteiger charge is -2.13. The molecule has 0 atom stereocenters. The van der Waals surface area contributed by atoms with E-state index in [1.807, 2.05) is 0 Å². The summed E-state index contributed by atoms with van der Waals surface area (Å²) in [5.41, 5.74) is 0.727. The zero-order chi connectivity index (χ0) is 27.6. The van der Waals surface area contributed by atoms with E-state index < -0.39 is 34.5 Å². The van der Waals surface area contributed by atoms with Gasteiger partial charge in [-0.05, 0) is 64.1 Å². The molecule has 3 amide bonds. The van der Waals surface area contributed by atoms with Crippen molar-refractivity contribution in [3.05, 3.63) is 84.4 Å². The molecule has 1 saturated heterocycles. The summed E-state index contributed by atoms with van der Waals surface area (Å²) in [6.07, 6.45) is 1.37. The van der Waals surface area contributed by atoms with Crippen LogP contribution >= 0.6 is 39.3 Å². The van der Waals surface area contributed by atoms with Crippen LogP contribution in [-0.2, 0) is 14.3 Å². The van der Waals surface area contributed by atoms with E-state index in [0.29, 0.717) is 27.6 Å². The number of nitrogens with zero attached hydrogens (tertiary/aromatic N) is 2. The third-order valence-electron chi connectivity index (χ3n) is 5.16. The number of rotatable bonds is 7. The Morgan fingerprint density at radius 3 is 2.66 bits per heavy atom. The molecule has 0 unspecified atom stereocenters. The Hall–Kier alpha value is -3.94. The number of nitro benzene ring substituents is 1. The highest BCUT2D eigenvalue weighted by Crippen LogP contribution is 2.35. The molecule has 2 aromatic carbocycles. The van der Waals surface area contributed by atoms with Crippen molar-refractivity contribution < 1.29 is 33.3 Å². The monoisotopic (exact) mass is 619 g/mol. The van der Waals surface area contributed by atoms with Crippen LogP contribution in [-0.4, -0.2) is 46.5 Å². The maximum absolute atomic E-state index is 12.8. The maximum Gasteiger partial charge on any atom is 0.339 e. The van der Waals surface area contributed by atoms with Crippen molar-refractivity contribution in [2.75, 3.05) is 19.0 Å². The number of ether oxygens (including phenoxy) is 1. The van der Waals surface area contributed by atoms with Crippen LogP contribution in [0.3, 0.4) is 0 Å². The standard InChI is InChI=1S/C24H15BrClN3O8S/c1-36-23(32)16-8-12(2-6-18(16)26)27-21(30)11-28-22(31)20(38-24(28)33)10-14-4-7-19(37-14)15-5-3-13(29(34)35)9-17(15)25/h2-10H,11H2,1H3,(H,27,30)/b20-10+. The molecule has 0 saturated carbocycles. The van der Waals surface area contributed by atoms with Crippen molar-refractivity contribution >= 4 is 79.8 Å². The molecule has 3 aromatic rings. The largest absolute Gasteiger partial charge is 0.465 e. The minimum absolute atomic E-state index is 0.0413. The smallest absolute Gasteiger partial charge is 0.339 e. The van der Waals surface area contributed by atoms with Crippen molar-refractivity contribution in [3.63, 3.8) is 0 Å². The normalized spacial score (nSPS) is 14.2. The topological polar surface area (TPSA) is 149 Å². The predicted molar refractivity (Wildman–Crippen MR) is 143 cm³/mol. The number of carbonyl (C=O) groups excluding carboxylic acids is 4. The van der Waals surface area contributed by atoms with E-state index in [0.717, 1.165) is 4.90 Å². The number of furan rings is 1. The van der Waals surface area contributed by atoms with Crippen molar-refractivity contribution in [2.24, 2.45) is 0 Å². The third-order valence-corrected chi connectivity index (χ3v) is 7.05. The zero-order valence-electron chi connectivity index (χ0n) is 19.2. The lowest BCUT2D eigenvalue weighted by Crippen LogP contribution is -2.36. The number of carbonyl (C=O) groups is 4. The van der Waals surface area contributed by atoms with Crippen molar-refractivity contribution in [3.8, 4) is 11.3 Å². The summed E-state index contributed by atoms with van der Waals surface area (Å²) in [6.45, 7) is -0.558. The van der Waals surface area contributed by atoms with Crippen LogP contribution in [0.5, 0.6) is 0 Å². The van der Waals surface area contributed by atoms with Crippen LogP contribution in [0, 0.1) is 10.1 Å². The number of imide groups is 1. The fraction of sp³-hybridized carbons (Fsp3) is 0.0833. The minimum Gasteiger partial charge on any atom is -0.465 e. The van der Waals surface area contributed by atoms with E-state index in [4.69, 9.17) is 16.0 Å². The summed E-state index contributed by atoms with van der Waals surface area (Å²) >= 11 is 9.90. The lowest BCUT2D eigenvalue weighted by molar-refractivity contribution is -0.384. The SMILES string of the molecule is COC(=O)c1cc(NC(=O)CN2C(=O)S/C(=C/c3ccc(-c4ccc([N+](=O)[O-])cc4Br)o3)C2=O)ccc1Cl. The van der Waals surface area contributed by atoms with Gasteiger partial charge in [-0.1, -0.05) is 11.6 Å². The number of non-ortho nitro benzene ring substituents is 1. The second kappa shape index (κ2) is 11.2. The number of methoxy groups -OCH3 is 1. The van der Waals surface area contributed by atoms with Crippen LogP contribution < -0.4 is 5.32 Å². The second-order valence-electron chi connectivity index (χ2n) is 7.63. The molecule has 1 fully saturated rings. The first-order valence-corrected chi connectivity index (χ1v) is 12.5. The van der Waals surface area contributed by atoms with Gasteiger partial charge in [-0.3, -0.25) is 29.4 Å². The second-order valence-corrected chi connectivity index (χ2v) is 9.88. The molecule has 1 aromatic heterocycles. The van der Waals surface area contributed by atoms with Crippen molar-refractivity contribution in [1.82, 2.24) is 4.90 Å². The highest BCUT2D eigenvalue weighted by Gasteiger charge is 2.36. The Kier molecular flexibility index (Phi) is 7.99. The zero-order valence-corrected chi connectivity index (χ0v) is 22.4. The van der Waals surface area contributed by atoms with Crippen LogP contribution in [0.1, 0.15) is 16.1 Å². The summed E-state index contributed by atoms with van der Waals surface area (Å²) in [4.78, 5) is 60.8. The molecule has 4 rings (SSSR count). The maximum atomic E-state index is 12.8. The first kappa shape index (κ1) is 27.1. The fourth-order valence-electron chi connectivity index (χ4n) is 3.37. The first-order valence-electron chi connectivity index (χ1n) is 10.5. The number of hydrogen-bond donors (Lipinski definition) is 1. The average Bonchev–Trinajstić information content (AvgIpc) is 3.44. The lowest BCUT2D eigenvalue weighted by atomic mass is 10.1. The van der Waals surface area contributed by atoms with Gasteiger partial charge in [0.25, 0.3) is 16.8 Å². The van der Waals surface area contributed by atoms with E-state index in [2.05, 4.69) is 26.0 Å². The number of benzene rings is 2. The number of nitro groups is 1. The molecule has 38 heavy (non-hydrogen) atoms. The summed E-state index contributed by atoms with van der Waals surface area (Å²) in [5.74, 6) is -1.40. The highest BCUT2D eigenvalue weighted by molar-refractivity contribution is 9.10. The Bertz CT molecular complexity index is 1540. The molecule has 0 radical (unpaired) electrons. The third kappa shape index (κ3) is 5.79. The molecule has 194 valence electrons. The Morgan fingerprint density at radius 2 is 1.97 bits per heavy atom. The number of esters is 1. The molecular formula is C24H15BrClN3O8S. The molecule has 0 bridgehead atoms. The minimum atomic E-state index is -0.691. The molecule has 2 heterocycles. The molecule has 1 aliphatic rings. The summed E-state index contributed by atoms with van der Waals surface area (Å²) in [7, 11) is 1.19. The van der Waals surface area contributed by atoms with Gasteiger partial charge in [0, 0.05) is 33.9 Å². The van der Waals surface area contributed by atoms with Gasteiger partial charge in [-0.2, -0.15) is 0 Å². The van der Waals surface area contributed by atoms with Gasteiger partial charge in [-0.15, -0.1) is 0 Å². The number of nitrogens with one attached hydrogen (secondary N) is 1. The number of anilines is 1. The van der Waals surface area contributed by atoms with Gasteiger partial charge in [0.05, 0.1) is 27.5 Å². The Balaban J connectivity index is 1.45. The Morgan fingerprint density at radius 1 is 1.21 bits per heavy atom. The number of halogens is 2. The van der Waals surface area contributed by atoms with Gasteiger partial charge >= 0.3 is 5.97 Å². The summed E-state index contributed by atoms with van der Waals surface area (Å²) < 4.78 is 10.8. The van der Waals surface area contributed by atoms with Crippen LogP contribution in [0.15, 0.2) is 62.3 Å². The molecule has 1 aliphatic heterocycles. The van der Waals surface area contributed by atoms with E-state index in [1.165, 1.54) is 49.6 Å². The summed E-state index contributed by atoms with van der Waals surface area (Å²) in [5, 5.41) is 12.9. The average molecular weight is 621 g/mol. The number of hydrogen-bond acceptors (Lipinski definition) is 9. The van der Waals surface area contributed by atoms with E-state index >= 15 is 0 Å². The van der Waals surface area contributed by atoms with Gasteiger partial charge in [-0.25, -0.2) is 4.79 Å². The molecular weight excluding hydrogens is 606 g/mol. The van der Waals surface area contributed by atoms with E-state index in [1.54, 1.807) is 12.1 Å². The van der Waals surface area contributed by atoms with Crippen LogP contribution in [0.4, 0.5) is 16.2 Å². The van der Waals surface area contributed by atoms with E-state index in [9.17, 15) is 29.3 Å². The molecule has 1 N–H and O–H groups in total. The number of amides is 3. The first-order chi connectivity index (χ1) is 18.1. The predicted octanol–water partition coefficient (Wildman–Crippen LogP) is 5.73. The molecule has 0 aliphatic carbocycles. The van der Waals surface area contributed by atoms with Crippen molar-refractivity contribution in [2.45, 2.75) is 0 Å². The van der Waals surface area contributed by atoms with Gasteiger partial charge in [0.2, 0.25) is 5.91 Å². The fourth-order valence-corrected chi connectivity index (χ4v) is 4.95. The summed E-state index contributed by atoms with van der Waals surface area (Å²) in [6, 6.07) is 11.6. The van der Waals surface area contributed by atoms with Gasteiger partial charge in [0.1, 0.15) is 18.1 Å². The number of thioether (sulfide) groups is 1. The van der Waals surface area contributed by atoms with Crippen molar-refractivity contribution in [1.29, 1.82) is 0 Å². The van der Waals surface area contributed by atoms with Crippen LogP contribution in [0.25, 0.3) is 17.4 Å². The Labute approximate surface area is 232 Å². The van der Waals surface area contributed by atoms with Gasteiger partial charge < -0.3 is 14.5 Å².